The van der Waals surface area contributed by atoms with Gasteiger partial charge in [-0.1, -0.05) is 42.0 Å². The molecule has 0 saturated carbocycles. The van der Waals surface area contributed by atoms with Gasteiger partial charge in [0, 0.05) is 17.5 Å². The third-order valence-corrected chi connectivity index (χ3v) is 7.46. The summed E-state index contributed by atoms with van der Waals surface area (Å²) in [5.74, 6) is -0.818. The van der Waals surface area contributed by atoms with Crippen LogP contribution in [-0.2, 0) is 22.6 Å². The van der Waals surface area contributed by atoms with Crippen LogP contribution in [0.1, 0.15) is 51.9 Å². The summed E-state index contributed by atoms with van der Waals surface area (Å²) < 4.78 is 28.5. The van der Waals surface area contributed by atoms with Gasteiger partial charge in [0.2, 0.25) is 0 Å². The summed E-state index contributed by atoms with van der Waals surface area (Å²) in [7, 11) is 0. The van der Waals surface area contributed by atoms with Gasteiger partial charge < -0.3 is 24.3 Å². The number of carboxylic acids is 2. The van der Waals surface area contributed by atoms with Crippen LogP contribution >= 0.6 is 0 Å². The van der Waals surface area contributed by atoms with Gasteiger partial charge in [0.15, 0.2) is 0 Å². The average Bonchev–Trinajstić information content (AvgIpc) is 3.23. The van der Waals surface area contributed by atoms with E-state index in [0.717, 1.165) is 22.4 Å². The SMILES string of the molecule is Cc1cc(C)c(OC/C=C/COc2ccc(/C=C/c3ccc(F)c4c(CCCC(=O)O)c(C)n(CC(=O)O)c34)cc2)c(C)c1. The minimum Gasteiger partial charge on any atom is -0.490 e. The number of ether oxygens (including phenoxy) is 2. The Balaban J connectivity index is 1.43. The van der Waals surface area contributed by atoms with Crippen LogP contribution in [-0.4, -0.2) is 39.9 Å². The predicted molar refractivity (Wildman–Crippen MR) is 171 cm³/mol. The van der Waals surface area contributed by atoms with Crippen LogP contribution in [0.4, 0.5) is 4.39 Å². The van der Waals surface area contributed by atoms with Crippen molar-refractivity contribution in [3.05, 3.63) is 106 Å². The maximum absolute atomic E-state index is 15.1. The lowest BCUT2D eigenvalue weighted by molar-refractivity contribution is -0.138. The zero-order valence-corrected chi connectivity index (χ0v) is 25.5. The number of halogens is 1. The number of hydrogen-bond acceptors (Lipinski definition) is 4. The topological polar surface area (TPSA) is 98.0 Å². The molecule has 0 unspecified atom stereocenters. The van der Waals surface area contributed by atoms with Crippen molar-refractivity contribution in [2.45, 2.75) is 53.5 Å². The molecule has 0 aliphatic rings. The first-order chi connectivity index (χ1) is 21.0. The summed E-state index contributed by atoms with van der Waals surface area (Å²) in [6.45, 7) is 8.43. The Hall–Kier alpha value is -4.85. The monoisotopic (exact) mass is 599 g/mol. The molecular weight excluding hydrogens is 561 g/mol. The van der Waals surface area contributed by atoms with Gasteiger partial charge in [0.1, 0.15) is 37.1 Å². The molecule has 44 heavy (non-hydrogen) atoms. The van der Waals surface area contributed by atoms with E-state index >= 15 is 4.39 Å². The summed E-state index contributed by atoms with van der Waals surface area (Å²) in [5, 5.41) is 18.9. The first-order valence-corrected chi connectivity index (χ1v) is 14.6. The Morgan fingerprint density at radius 3 is 2.16 bits per heavy atom. The quantitative estimate of drug-likeness (QED) is 0.114. The number of hydrogen-bond donors (Lipinski definition) is 2. The van der Waals surface area contributed by atoms with Gasteiger partial charge in [0.05, 0.1) is 5.52 Å². The van der Waals surface area contributed by atoms with Crippen LogP contribution in [0.5, 0.6) is 11.5 Å². The van der Waals surface area contributed by atoms with Gasteiger partial charge in [-0.25, -0.2) is 4.39 Å². The van der Waals surface area contributed by atoms with E-state index in [1.165, 1.54) is 11.6 Å². The number of benzene rings is 3. The van der Waals surface area contributed by atoms with Crippen LogP contribution in [0.25, 0.3) is 23.1 Å². The van der Waals surface area contributed by atoms with Gasteiger partial charge in [-0.05, 0) is 105 Å². The Labute approximate surface area is 256 Å². The van der Waals surface area contributed by atoms with E-state index in [1.807, 2.05) is 62.4 Å². The highest BCUT2D eigenvalue weighted by atomic mass is 19.1. The van der Waals surface area contributed by atoms with Gasteiger partial charge in [-0.2, -0.15) is 0 Å². The molecule has 0 saturated heterocycles. The third-order valence-electron chi connectivity index (χ3n) is 7.46. The molecule has 1 aromatic heterocycles. The molecule has 0 fully saturated rings. The lowest BCUT2D eigenvalue weighted by atomic mass is 10.0. The van der Waals surface area contributed by atoms with Crippen molar-refractivity contribution in [3.63, 3.8) is 0 Å². The number of fused-ring (bicyclic) bond motifs is 1. The molecule has 0 aliphatic carbocycles. The van der Waals surface area contributed by atoms with E-state index in [4.69, 9.17) is 14.6 Å². The maximum atomic E-state index is 15.1. The van der Waals surface area contributed by atoms with Crippen LogP contribution in [0.15, 0.2) is 60.7 Å². The third kappa shape index (κ3) is 7.95. The van der Waals surface area contributed by atoms with Crippen LogP contribution in [0.3, 0.4) is 0 Å². The van der Waals surface area contributed by atoms with E-state index in [9.17, 15) is 14.7 Å². The fourth-order valence-electron chi connectivity index (χ4n) is 5.53. The second-order valence-electron chi connectivity index (χ2n) is 10.9. The Morgan fingerprint density at radius 1 is 0.864 bits per heavy atom. The molecular formula is C36H38FNO6. The zero-order valence-electron chi connectivity index (χ0n) is 25.5. The molecule has 1 heterocycles. The first kappa shape index (κ1) is 32.1. The summed E-state index contributed by atoms with van der Waals surface area (Å²) >= 11 is 0. The number of aliphatic carboxylic acids is 2. The molecule has 4 rings (SSSR count). The second kappa shape index (κ2) is 14.6. The minimum atomic E-state index is -1.05. The molecule has 7 nitrogen and oxygen atoms in total. The van der Waals surface area contributed by atoms with Gasteiger partial charge >= 0.3 is 11.9 Å². The molecule has 8 heteroatoms. The average molecular weight is 600 g/mol. The molecule has 0 bridgehead atoms. The molecule has 0 aliphatic heterocycles. The summed E-state index contributed by atoms with van der Waals surface area (Å²) in [6, 6.07) is 14.7. The lowest BCUT2D eigenvalue weighted by Gasteiger charge is -2.11. The van der Waals surface area contributed by atoms with E-state index < -0.39 is 17.8 Å². The standard InChI is InChI=1S/C36H38FNO6/c1-23-20-24(2)36(25(3)21-23)44-19-6-5-18-43-29-15-11-27(12-16-29)10-13-28-14-17-31(37)34-30(8-7-9-32(39)40)26(4)38(35(28)34)22-33(41)42/h5-6,10-17,20-21H,7-9,18-19,22H2,1-4H3,(H,39,40)(H,41,42)/b6-5+,13-10+. The minimum absolute atomic E-state index is 0.0515. The highest BCUT2D eigenvalue weighted by Crippen LogP contribution is 2.33. The first-order valence-electron chi connectivity index (χ1n) is 14.6. The lowest BCUT2D eigenvalue weighted by Crippen LogP contribution is -2.10. The van der Waals surface area contributed by atoms with Crippen LogP contribution < -0.4 is 9.47 Å². The number of carbonyl (C=O) groups is 2. The van der Waals surface area contributed by atoms with Crippen molar-refractivity contribution in [1.29, 1.82) is 0 Å². The van der Waals surface area contributed by atoms with Gasteiger partial charge in [-0.15, -0.1) is 0 Å². The molecule has 0 radical (unpaired) electrons. The van der Waals surface area contributed by atoms with Gasteiger partial charge in [-0.3, -0.25) is 9.59 Å². The fourth-order valence-corrected chi connectivity index (χ4v) is 5.53. The van der Waals surface area contributed by atoms with E-state index in [-0.39, 0.29) is 13.0 Å². The predicted octanol–water partition coefficient (Wildman–Crippen LogP) is 7.69. The molecule has 3 aromatic carbocycles. The van der Waals surface area contributed by atoms with E-state index in [0.29, 0.717) is 59.5 Å². The fraction of sp³-hybridized carbons (Fsp3) is 0.278. The van der Waals surface area contributed by atoms with Crippen molar-refractivity contribution in [3.8, 4) is 11.5 Å². The van der Waals surface area contributed by atoms with Crippen LogP contribution in [0.2, 0.25) is 0 Å². The van der Waals surface area contributed by atoms with Crippen molar-refractivity contribution in [1.82, 2.24) is 4.57 Å². The maximum Gasteiger partial charge on any atom is 0.323 e. The number of nitrogens with zero attached hydrogens (tertiary/aromatic N) is 1. The van der Waals surface area contributed by atoms with Crippen molar-refractivity contribution in [2.24, 2.45) is 0 Å². The molecule has 0 amide bonds. The van der Waals surface area contributed by atoms with Crippen molar-refractivity contribution in [2.75, 3.05) is 13.2 Å². The molecule has 0 spiro atoms. The molecule has 4 aromatic rings. The Kier molecular flexibility index (Phi) is 10.6. The van der Waals surface area contributed by atoms with E-state index in [1.54, 1.807) is 17.6 Å². The van der Waals surface area contributed by atoms with Crippen molar-refractivity contribution >= 4 is 35.0 Å². The number of carboxylic acid groups (broad SMARTS) is 2. The highest BCUT2D eigenvalue weighted by molar-refractivity contribution is 5.95. The zero-order chi connectivity index (χ0) is 31.8. The number of aromatic nitrogens is 1. The summed E-state index contributed by atoms with van der Waals surface area (Å²) in [5.41, 5.74) is 6.74. The Bertz CT molecular complexity index is 1690. The van der Waals surface area contributed by atoms with E-state index in [2.05, 4.69) is 19.1 Å². The number of aryl methyl sites for hydroxylation is 4. The molecule has 230 valence electrons. The largest absolute Gasteiger partial charge is 0.490 e. The second-order valence-corrected chi connectivity index (χ2v) is 10.9. The van der Waals surface area contributed by atoms with Crippen LogP contribution in [0, 0.1) is 33.5 Å². The summed E-state index contributed by atoms with van der Waals surface area (Å²) in [4.78, 5) is 22.7. The highest BCUT2D eigenvalue weighted by Gasteiger charge is 2.21. The summed E-state index contributed by atoms with van der Waals surface area (Å²) in [6.07, 6.45) is 8.16. The number of rotatable bonds is 14. The smallest absolute Gasteiger partial charge is 0.323 e. The van der Waals surface area contributed by atoms with Crippen molar-refractivity contribution < 1.29 is 33.7 Å². The Morgan fingerprint density at radius 2 is 1.52 bits per heavy atom. The van der Waals surface area contributed by atoms with Gasteiger partial charge in [0.25, 0.3) is 0 Å². The molecule has 0 atom stereocenters. The normalized spacial score (nSPS) is 11.6. The molecule has 2 N–H and O–H groups in total.